The molecule has 1 aliphatic rings. The Bertz CT molecular complexity index is 393. The first kappa shape index (κ1) is 14.5. The van der Waals surface area contributed by atoms with E-state index in [-0.39, 0.29) is 0 Å². The van der Waals surface area contributed by atoms with Crippen molar-refractivity contribution in [2.75, 3.05) is 0 Å². The molecule has 2 rings (SSSR count). The minimum absolute atomic E-state index is 0.433. The van der Waals surface area contributed by atoms with E-state index in [1.54, 1.807) is 0 Å². The fraction of sp³-hybridized carbons (Fsp3) is 0.875. The topological polar surface area (TPSA) is 30.7 Å². The van der Waals surface area contributed by atoms with Gasteiger partial charge >= 0.3 is 0 Å². The van der Waals surface area contributed by atoms with Crippen LogP contribution in [-0.2, 0) is 12.8 Å². The van der Waals surface area contributed by atoms with Gasteiger partial charge in [0, 0.05) is 6.04 Å². The standard InChI is InChI=1S/C16H29N3/c1-12(2)14-8-5-6-11-16-15(10-7-9-14)17-18-19(16)13(3)4/h12-14H,5-11H2,1-4H3. The Morgan fingerprint density at radius 2 is 1.74 bits per heavy atom. The Morgan fingerprint density at radius 3 is 2.42 bits per heavy atom. The highest BCUT2D eigenvalue weighted by Crippen LogP contribution is 2.27. The molecule has 0 fully saturated rings. The minimum Gasteiger partial charge on any atom is -0.247 e. The van der Waals surface area contributed by atoms with Gasteiger partial charge in [0.2, 0.25) is 0 Å². The van der Waals surface area contributed by atoms with Crippen LogP contribution in [0.15, 0.2) is 0 Å². The predicted octanol–water partition coefficient (Wildman–Crippen LogP) is 4.18. The maximum absolute atomic E-state index is 4.43. The number of fused-ring (bicyclic) bond motifs is 1. The van der Waals surface area contributed by atoms with Crippen molar-refractivity contribution in [1.29, 1.82) is 0 Å². The molecule has 0 radical (unpaired) electrons. The first-order valence-electron chi connectivity index (χ1n) is 8.02. The fourth-order valence-electron chi connectivity index (χ4n) is 3.26. The van der Waals surface area contributed by atoms with E-state index in [0.717, 1.165) is 24.7 Å². The van der Waals surface area contributed by atoms with Gasteiger partial charge in [0.15, 0.2) is 0 Å². The molecule has 3 heteroatoms. The highest BCUT2D eigenvalue weighted by Gasteiger charge is 2.19. The minimum atomic E-state index is 0.433. The summed E-state index contributed by atoms with van der Waals surface area (Å²) < 4.78 is 2.14. The lowest BCUT2D eigenvalue weighted by Gasteiger charge is -2.22. The number of aromatic nitrogens is 3. The summed E-state index contributed by atoms with van der Waals surface area (Å²) in [5.41, 5.74) is 2.66. The van der Waals surface area contributed by atoms with Crippen LogP contribution in [0.4, 0.5) is 0 Å². The van der Waals surface area contributed by atoms with Crippen molar-refractivity contribution in [3.8, 4) is 0 Å². The van der Waals surface area contributed by atoms with Gasteiger partial charge in [-0.1, -0.05) is 31.9 Å². The second-order valence-electron chi connectivity index (χ2n) is 6.66. The summed E-state index contributed by atoms with van der Waals surface area (Å²) in [6.07, 6.45) is 8.94. The van der Waals surface area contributed by atoms with Crippen LogP contribution in [-0.4, -0.2) is 15.0 Å². The lowest BCUT2D eigenvalue weighted by Crippen LogP contribution is -2.13. The molecule has 0 amide bonds. The first-order valence-corrected chi connectivity index (χ1v) is 8.02. The van der Waals surface area contributed by atoms with Gasteiger partial charge in [0.1, 0.15) is 0 Å². The summed E-state index contributed by atoms with van der Waals surface area (Å²) in [5.74, 6) is 1.73. The second-order valence-corrected chi connectivity index (χ2v) is 6.66. The number of hydrogen-bond acceptors (Lipinski definition) is 2. The number of aryl methyl sites for hydroxylation is 1. The van der Waals surface area contributed by atoms with Crippen LogP contribution in [0.5, 0.6) is 0 Å². The summed E-state index contributed by atoms with van der Waals surface area (Å²) >= 11 is 0. The van der Waals surface area contributed by atoms with Crippen molar-refractivity contribution in [3.05, 3.63) is 11.4 Å². The highest BCUT2D eigenvalue weighted by molar-refractivity contribution is 5.11. The largest absolute Gasteiger partial charge is 0.247 e. The molecule has 0 N–H and O–H groups in total. The van der Waals surface area contributed by atoms with Crippen molar-refractivity contribution in [3.63, 3.8) is 0 Å². The molecule has 0 bridgehead atoms. The summed E-state index contributed by atoms with van der Waals surface area (Å²) in [4.78, 5) is 0. The van der Waals surface area contributed by atoms with E-state index in [4.69, 9.17) is 0 Å². The third-order valence-corrected chi connectivity index (χ3v) is 4.53. The van der Waals surface area contributed by atoms with E-state index < -0.39 is 0 Å². The summed E-state index contributed by atoms with van der Waals surface area (Å²) in [7, 11) is 0. The molecule has 1 unspecified atom stereocenters. The maximum Gasteiger partial charge on any atom is 0.0859 e. The van der Waals surface area contributed by atoms with Gasteiger partial charge in [-0.3, -0.25) is 0 Å². The molecule has 0 saturated heterocycles. The van der Waals surface area contributed by atoms with Gasteiger partial charge in [-0.25, -0.2) is 4.68 Å². The zero-order valence-corrected chi connectivity index (χ0v) is 13.0. The molecular formula is C16H29N3. The zero-order valence-electron chi connectivity index (χ0n) is 13.0. The van der Waals surface area contributed by atoms with Gasteiger partial charge in [-0.15, -0.1) is 5.10 Å². The number of nitrogens with zero attached hydrogens (tertiary/aromatic N) is 3. The molecule has 0 aliphatic heterocycles. The zero-order chi connectivity index (χ0) is 13.8. The van der Waals surface area contributed by atoms with Crippen molar-refractivity contribution in [1.82, 2.24) is 15.0 Å². The van der Waals surface area contributed by atoms with E-state index >= 15 is 0 Å². The number of rotatable bonds is 2. The molecule has 0 saturated carbocycles. The molecule has 1 aromatic heterocycles. The number of hydrogen-bond donors (Lipinski definition) is 0. The Labute approximate surface area is 117 Å². The normalized spacial score (nSPS) is 21.7. The molecule has 0 spiro atoms. The Kier molecular flexibility index (Phi) is 5.00. The lowest BCUT2D eigenvalue weighted by atomic mass is 9.85. The maximum atomic E-state index is 4.43. The van der Waals surface area contributed by atoms with E-state index in [9.17, 15) is 0 Å². The van der Waals surface area contributed by atoms with Crippen molar-refractivity contribution >= 4 is 0 Å². The molecular weight excluding hydrogens is 234 g/mol. The van der Waals surface area contributed by atoms with Crippen molar-refractivity contribution in [2.24, 2.45) is 11.8 Å². The van der Waals surface area contributed by atoms with E-state index in [2.05, 4.69) is 42.7 Å². The average molecular weight is 263 g/mol. The van der Waals surface area contributed by atoms with Crippen LogP contribution in [0.1, 0.15) is 77.2 Å². The Balaban J connectivity index is 2.10. The summed E-state index contributed by atoms with van der Waals surface area (Å²) in [6.45, 7) is 9.14. The Morgan fingerprint density at radius 1 is 1.00 bits per heavy atom. The molecule has 19 heavy (non-hydrogen) atoms. The quantitative estimate of drug-likeness (QED) is 0.801. The van der Waals surface area contributed by atoms with Crippen LogP contribution in [0, 0.1) is 11.8 Å². The highest BCUT2D eigenvalue weighted by atomic mass is 15.4. The van der Waals surface area contributed by atoms with Crippen LogP contribution >= 0.6 is 0 Å². The van der Waals surface area contributed by atoms with Crippen LogP contribution in [0.25, 0.3) is 0 Å². The second kappa shape index (κ2) is 6.53. The summed E-state index contributed by atoms with van der Waals surface area (Å²) in [6, 6.07) is 0.433. The van der Waals surface area contributed by atoms with E-state index in [1.165, 1.54) is 43.5 Å². The first-order chi connectivity index (χ1) is 9.09. The smallest absolute Gasteiger partial charge is 0.0859 e. The third-order valence-electron chi connectivity index (χ3n) is 4.53. The van der Waals surface area contributed by atoms with Crippen molar-refractivity contribution < 1.29 is 0 Å². The monoisotopic (exact) mass is 263 g/mol. The molecule has 1 heterocycles. The van der Waals surface area contributed by atoms with Gasteiger partial charge in [0.25, 0.3) is 0 Å². The van der Waals surface area contributed by atoms with Gasteiger partial charge in [-0.2, -0.15) is 0 Å². The van der Waals surface area contributed by atoms with E-state index in [0.29, 0.717) is 6.04 Å². The molecule has 108 valence electrons. The van der Waals surface area contributed by atoms with Crippen molar-refractivity contribution in [2.45, 2.75) is 78.7 Å². The fourth-order valence-corrected chi connectivity index (χ4v) is 3.26. The van der Waals surface area contributed by atoms with Crippen LogP contribution in [0.3, 0.4) is 0 Å². The third kappa shape index (κ3) is 3.58. The predicted molar refractivity (Wildman–Crippen MR) is 79.2 cm³/mol. The molecule has 3 nitrogen and oxygen atoms in total. The average Bonchev–Trinajstić information content (AvgIpc) is 2.76. The molecule has 1 aliphatic carbocycles. The molecule has 0 aromatic carbocycles. The van der Waals surface area contributed by atoms with Gasteiger partial charge in [-0.05, 0) is 57.8 Å². The SMILES string of the molecule is CC(C)C1CCCCc2c(nnn2C(C)C)CCC1. The van der Waals surface area contributed by atoms with Crippen LogP contribution in [0.2, 0.25) is 0 Å². The Hall–Kier alpha value is -0.860. The molecule has 1 aromatic rings. The van der Waals surface area contributed by atoms with Gasteiger partial charge < -0.3 is 0 Å². The lowest BCUT2D eigenvalue weighted by molar-refractivity contribution is 0.316. The van der Waals surface area contributed by atoms with Gasteiger partial charge in [0.05, 0.1) is 11.4 Å². The summed E-state index contributed by atoms with van der Waals surface area (Å²) in [5, 5.41) is 8.80. The van der Waals surface area contributed by atoms with E-state index in [1.807, 2.05) is 0 Å². The molecule has 1 atom stereocenters. The van der Waals surface area contributed by atoms with Crippen LogP contribution < -0.4 is 0 Å².